The van der Waals surface area contributed by atoms with Crippen molar-refractivity contribution in [2.75, 3.05) is 17.9 Å². The van der Waals surface area contributed by atoms with Crippen molar-refractivity contribution in [1.82, 2.24) is 15.3 Å². The Morgan fingerprint density at radius 3 is 2.44 bits per heavy atom. The third kappa shape index (κ3) is 9.72. The molecule has 2 atom stereocenters. The Labute approximate surface area is 267 Å². The van der Waals surface area contributed by atoms with Crippen molar-refractivity contribution in [3.63, 3.8) is 0 Å². The zero-order valence-corrected chi connectivity index (χ0v) is 28.1. The van der Waals surface area contributed by atoms with E-state index in [2.05, 4.69) is 54.6 Å². The molecule has 0 spiro atoms. The van der Waals surface area contributed by atoms with Crippen molar-refractivity contribution in [2.45, 2.75) is 96.8 Å². The van der Waals surface area contributed by atoms with Crippen LogP contribution in [0.3, 0.4) is 0 Å². The van der Waals surface area contributed by atoms with Gasteiger partial charge in [-0.15, -0.1) is 0 Å². The van der Waals surface area contributed by atoms with E-state index in [-0.39, 0.29) is 45.4 Å². The van der Waals surface area contributed by atoms with E-state index in [1.165, 1.54) is 18.2 Å². The highest BCUT2D eigenvalue weighted by Gasteiger charge is 2.29. The molecule has 1 aromatic heterocycles. The van der Waals surface area contributed by atoms with Gasteiger partial charge in [0.2, 0.25) is 11.8 Å². The van der Waals surface area contributed by atoms with Gasteiger partial charge in [0.05, 0.1) is 27.9 Å². The highest BCUT2D eigenvalue weighted by atomic mass is 32.2. The van der Waals surface area contributed by atoms with Crippen molar-refractivity contribution in [1.29, 1.82) is 0 Å². The Hall–Kier alpha value is -3.54. The number of sulfonamides is 1. The zero-order chi connectivity index (χ0) is 33.0. The molecule has 2 heterocycles. The fourth-order valence-electron chi connectivity index (χ4n) is 5.75. The molecule has 0 amide bonds. The first-order chi connectivity index (χ1) is 21.0. The molecule has 1 saturated heterocycles. The number of aromatic carboxylic acids is 1. The van der Waals surface area contributed by atoms with Gasteiger partial charge in [0.15, 0.2) is 0 Å². The van der Waals surface area contributed by atoms with Gasteiger partial charge >= 0.3 is 5.97 Å². The van der Waals surface area contributed by atoms with Crippen LogP contribution >= 0.6 is 0 Å². The number of ether oxygens (including phenoxy) is 2. The number of anilines is 1. The Morgan fingerprint density at radius 2 is 1.80 bits per heavy atom. The van der Waals surface area contributed by atoms with E-state index in [0.29, 0.717) is 18.8 Å². The highest BCUT2D eigenvalue weighted by molar-refractivity contribution is 7.92. The van der Waals surface area contributed by atoms with Crippen LogP contribution in [0.4, 0.5) is 5.95 Å². The van der Waals surface area contributed by atoms with Gasteiger partial charge in [0, 0.05) is 24.2 Å². The van der Waals surface area contributed by atoms with Crippen molar-refractivity contribution in [2.24, 2.45) is 5.41 Å². The molecule has 1 aliphatic rings. The van der Waals surface area contributed by atoms with Crippen LogP contribution < -0.4 is 14.8 Å². The number of carboxylic acids is 1. The molecule has 11 heteroatoms. The van der Waals surface area contributed by atoms with Gasteiger partial charge in [-0.1, -0.05) is 45.0 Å². The summed E-state index contributed by atoms with van der Waals surface area (Å²) >= 11 is 0. The standard InChI is InChI=1S/C34H46N4O6S/c1-22-11-8-12-23(2)30(22)28-18-29(37-32(36-28)38-45(41,42)27-15-9-13-24(17-27)31(39)40)43-21-25(19-33(3,4)5)35-20-26-14-10-16-34(6,7)44-26/h8-9,11-13,15,17-18,25-26,35H,10,14,16,19-21H2,1-7H3,(H,39,40)(H,36,37,38)/t25-,26?/m1/s1. The normalized spacial score (nSPS) is 17.4. The molecule has 10 nitrogen and oxygen atoms in total. The van der Waals surface area contributed by atoms with Crippen molar-refractivity contribution in [3.8, 4) is 17.1 Å². The number of benzene rings is 2. The van der Waals surface area contributed by atoms with Gasteiger partial charge in [-0.3, -0.25) is 0 Å². The first-order valence-corrected chi connectivity index (χ1v) is 16.9. The summed E-state index contributed by atoms with van der Waals surface area (Å²) in [7, 11) is -4.21. The molecule has 2 aromatic carbocycles. The van der Waals surface area contributed by atoms with E-state index in [9.17, 15) is 18.3 Å². The van der Waals surface area contributed by atoms with Crippen LogP contribution in [0.5, 0.6) is 5.88 Å². The smallest absolute Gasteiger partial charge is 0.335 e. The maximum absolute atomic E-state index is 13.3. The Kier molecular flexibility index (Phi) is 10.6. The lowest BCUT2D eigenvalue weighted by Crippen LogP contribution is -2.46. The van der Waals surface area contributed by atoms with Crippen LogP contribution in [0.1, 0.15) is 81.8 Å². The third-order valence-corrected chi connectivity index (χ3v) is 9.10. The van der Waals surface area contributed by atoms with Crippen LogP contribution in [0.2, 0.25) is 0 Å². The molecule has 244 valence electrons. The number of nitrogens with one attached hydrogen (secondary N) is 2. The van der Waals surface area contributed by atoms with Gasteiger partial charge in [0.25, 0.3) is 10.0 Å². The minimum absolute atomic E-state index is 0.0175. The molecule has 45 heavy (non-hydrogen) atoms. The summed E-state index contributed by atoms with van der Waals surface area (Å²) in [6.07, 6.45) is 4.12. The first kappa shape index (κ1) is 34.3. The monoisotopic (exact) mass is 638 g/mol. The van der Waals surface area contributed by atoms with Crippen molar-refractivity contribution < 1.29 is 27.8 Å². The lowest BCUT2D eigenvalue weighted by atomic mass is 9.88. The van der Waals surface area contributed by atoms with Gasteiger partial charge in [0.1, 0.15) is 6.61 Å². The minimum Gasteiger partial charge on any atom is -0.478 e. The summed E-state index contributed by atoms with van der Waals surface area (Å²) in [6, 6.07) is 12.7. The number of carbonyl (C=O) groups is 1. The fourth-order valence-corrected chi connectivity index (χ4v) is 6.74. The summed E-state index contributed by atoms with van der Waals surface area (Å²) in [5.41, 5.74) is 3.02. The first-order valence-electron chi connectivity index (χ1n) is 15.4. The minimum atomic E-state index is -4.21. The van der Waals surface area contributed by atoms with Crippen LogP contribution in [0, 0.1) is 19.3 Å². The molecule has 4 rings (SSSR count). The molecule has 1 fully saturated rings. The maximum Gasteiger partial charge on any atom is 0.335 e. The average molecular weight is 639 g/mol. The van der Waals surface area contributed by atoms with Crippen molar-refractivity contribution in [3.05, 3.63) is 65.2 Å². The second kappa shape index (κ2) is 13.8. The lowest BCUT2D eigenvalue weighted by molar-refractivity contribution is -0.105. The van der Waals surface area contributed by atoms with E-state index in [0.717, 1.165) is 48.4 Å². The second-order valence-electron chi connectivity index (χ2n) is 13.7. The number of aryl methyl sites for hydroxylation is 2. The predicted molar refractivity (Wildman–Crippen MR) is 175 cm³/mol. The number of nitrogens with zero attached hydrogens (tertiary/aromatic N) is 2. The highest BCUT2D eigenvalue weighted by Crippen LogP contribution is 2.31. The number of rotatable bonds is 12. The average Bonchev–Trinajstić information content (AvgIpc) is 2.93. The van der Waals surface area contributed by atoms with E-state index in [1.807, 2.05) is 32.0 Å². The molecule has 0 bridgehead atoms. The molecular weight excluding hydrogens is 592 g/mol. The quantitative estimate of drug-likeness (QED) is 0.206. The summed E-state index contributed by atoms with van der Waals surface area (Å²) in [6.45, 7) is 15.7. The number of aromatic nitrogens is 2. The molecule has 1 aliphatic heterocycles. The van der Waals surface area contributed by atoms with E-state index >= 15 is 0 Å². The van der Waals surface area contributed by atoms with Crippen LogP contribution in [-0.2, 0) is 14.8 Å². The Bertz CT molecular complexity index is 1600. The maximum atomic E-state index is 13.3. The molecule has 1 unspecified atom stereocenters. The molecular formula is C34H46N4O6S. The predicted octanol–water partition coefficient (Wildman–Crippen LogP) is 6.38. The Morgan fingerprint density at radius 1 is 1.11 bits per heavy atom. The molecule has 3 N–H and O–H groups in total. The summed E-state index contributed by atoms with van der Waals surface area (Å²) in [5.74, 6) is -1.19. The van der Waals surface area contributed by atoms with Gasteiger partial charge in [-0.2, -0.15) is 4.98 Å². The van der Waals surface area contributed by atoms with E-state index in [1.54, 1.807) is 6.07 Å². The number of hydrogen-bond acceptors (Lipinski definition) is 8. The van der Waals surface area contributed by atoms with Crippen LogP contribution in [-0.4, -0.2) is 60.4 Å². The SMILES string of the molecule is Cc1cccc(C)c1-c1cc(OC[C@@H](CC(C)(C)C)NCC2CCCC(C)(C)O2)nc(NS(=O)(=O)c2cccc(C(=O)O)c2)n1. The number of carboxylic acid groups (broad SMARTS) is 1. The molecule has 0 saturated carbocycles. The van der Waals surface area contributed by atoms with Crippen molar-refractivity contribution >= 4 is 21.9 Å². The largest absolute Gasteiger partial charge is 0.478 e. The van der Waals surface area contributed by atoms with E-state index < -0.39 is 16.0 Å². The number of hydrogen-bond donors (Lipinski definition) is 3. The van der Waals surface area contributed by atoms with Crippen LogP contribution in [0.15, 0.2) is 53.4 Å². The summed E-state index contributed by atoms with van der Waals surface area (Å²) in [5, 5.41) is 13.0. The van der Waals surface area contributed by atoms with Gasteiger partial charge in [-0.25, -0.2) is 22.9 Å². The lowest BCUT2D eigenvalue weighted by Gasteiger charge is -2.37. The second-order valence-corrected chi connectivity index (χ2v) is 15.4. The Balaban J connectivity index is 1.62. The third-order valence-electron chi connectivity index (χ3n) is 7.77. The van der Waals surface area contributed by atoms with Crippen LogP contribution in [0.25, 0.3) is 11.3 Å². The summed E-state index contributed by atoms with van der Waals surface area (Å²) < 4.78 is 41.7. The topological polar surface area (TPSA) is 140 Å². The molecule has 0 aliphatic carbocycles. The fraction of sp³-hybridized carbons (Fsp3) is 0.500. The molecule has 3 aromatic rings. The summed E-state index contributed by atoms with van der Waals surface area (Å²) in [4.78, 5) is 20.2. The molecule has 0 radical (unpaired) electrons. The van der Waals surface area contributed by atoms with E-state index in [4.69, 9.17) is 9.47 Å². The zero-order valence-electron chi connectivity index (χ0n) is 27.3. The van der Waals surface area contributed by atoms with Gasteiger partial charge < -0.3 is 19.9 Å². The van der Waals surface area contributed by atoms with Gasteiger partial charge in [-0.05, 0) is 88.1 Å².